The Kier molecular flexibility index (Phi) is 3.43. The van der Waals surface area contributed by atoms with Crippen molar-refractivity contribution in [2.24, 2.45) is 5.10 Å². The van der Waals surface area contributed by atoms with Gasteiger partial charge in [-0.25, -0.2) is 5.43 Å². The molecule has 0 aliphatic rings. The fourth-order valence-electron chi connectivity index (χ4n) is 1.44. The number of aryl methyl sites for hydroxylation is 1. The molecular weight excluding hydrogens is 230 g/mol. The molecule has 0 unspecified atom stereocenters. The first-order valence-electron chi connectivity index (χ1n) is 5.41. The van der Waals surface area contributed by atoms with E-state index in [-0.39, 0.29) is 5.91 Å². The van der Waals surface area contributed by atoms with Crippen molar-refractivity contribution in [1.82, 2.24) is 5.43 Å². The second-order valence-electron chi connectivity index (χ2n) is 3.73. The molecule has 0 radical (unpaired) electrons. The molecule has 0 spiro atoms. The van der Waals surface area contributed by atoms with Crippen LogP contribution in [0, 0.1) is 6.92 Å². The molecule has 0 bridgehead atoms. The highest BCUT2D eigenvalue weighted by atomic mass is 16.3. The van der Waals surface area contributed by atoms with Crippen LogP contribution in [0.1, 0.15) is 21.9 Å². The fourth-order valence-corrected chi connectivity index (χ4v) is 1.44. The number of furan rings is 1. The van der Waals surface area contributed by atoms with E-state index in [9.17, 15) is 4.79 Å². The summed E-state index contributed by atoms with van der Waals surface area (Å²) in [6.45, 7) is 1.83. The van der Waals surface area contributed by atoms with Crippen molar-refractivity contribution in [3.05, 3.63) is 53.5 Å². The predicted octanol–water partition coefficient (Wildman–Crippen LogP) is 1.93. The fraction of sp³-hybridized carbons (Fsp3) is 0.0769. The van der Waals surface area contributed by atoms with Crippen LogP contribution in [0.5, 0.6) is 0 Å². The van der Waals surface area contributed by atoms with E-state index in [0.717, 1.165) is 5.76 Å². The molecule has 0 saturated heterocycles. The minimum atomic E-state index is -0.354. The van der Waals surface area contributed by atoms with Gasteiger partial charge in [0.15, 0.2) is 0 Å². The lowest BCUT2D eigenvalue weighted by molar-refractivity contribution is 0.0956. The predicted molar refractivity (Wildman–Crippen MR) is 69.4 cm³/mol. The van der Waals surface area contributed by atoms with Crippen molar-refractivity contribution in [1.29, 1.82) is 0 Å². The van der Waals surface area contributed by atoms with Crippen molar-refractivity contribution in [3.63, 3.8) is 0 Å². The van der Waals surface area contributed by atoms with Gasteiger partial charge in [0.2, 0.25) is 0 Å². The first kappa shape index (κ1) is 11.9. The van der Waals surface area contributed by atoms with Crippen LogP contribution < -0.4 is 11.2 Å². The maximum absolute atomic E-state index is 11.7. The molecule has 1 aromatic carbocycles. The summed E-state index contributed by atoms with van der Waals surface area (Å²) in [6.07, 6.45) is 1.43. The van der Waals surface area contributed by atoms with Crippen molar-refractivity contribution >= 4 is 17.8 Å². The number of nitrogens with one attached hydrogen (secondary N) is 1. The monoisotopic (exact) mass is 243 g/mol. The van der Waals surface area contributed by atoms with Crippen LogP contribution in [0.4, 0.5) is 5.69 Å². The average Bonchev–Trinajstić information content (AvgIpc) is 2.75. The Morgan fingerprint density at radius 2 is 2.11 bits per heavy atom. The molecule has 18 heavy (non-hydrogen) atoms. The summed E-state index contributed by atoms with van der Waals surface area (Å²) in [6, 6.07) is 10.4. The van der Waals surface area contributed by atoms with E-state index in [2.05, 4.69) is 10.5 Å². The van der Waals surface area contributed by atoms with Gasteiger partial charge in [0, 0.05) is 5.69 Å². The SMILES string of the molecule is Cc1ccc(/C=N\NC(=O)c2ccccc2N)o1. The average molecular weight is 243 g/mol. The van der Waals surface area contributed by atoms with Gasteiger partial charge < -0.3 is 10.2 Å². The third-order valence-corrected chi connectivity index (χ3v) is 2.32. The van der Waals surface area contributed by atoms with E-state index in [0.29, 0.717) is 17.0 Å². The minimum Gasteiger partial charge on any atom is -0.460 e. The van der Waals surface area contributed by atoms with E-state index in [1.165, 1.54) is 6.21 Å². The summed E-state index contributed by atoms with van der Waals surface area (Å²) in [7, 11) is 0. The van der Waals surface area contributed by atoms with E-state index >= 15 is 0 Å². The van der Waals surface area contributed by atoms with Gasteiger partial charge in [-0.3, -0.25) is 4.79 Å². The lowest BCUT2D eigenvalue weighted by Gasteiger charge is -2.02. The second kappa shape index (κ2) is 5.18. The van der Waals surface area contributed by atoms with Crippen molar-refractivity contribution < 1.29 is 9.21 Å². The maximum atomic E-state index is 11.7. The molecule has 1 aromatic heterocycles. The largest absolute Gasteiger partial charge is 0.460 e. The van der Waals surface area contributed by atoms with Crippen LogP contribution in [0.15, 0.2) is 45.9 Å². The van der Waals surface area contributed by atoms with Crippen molar-refractivity contribution in [3.8, 4) is 0 Å². The highest BCUT2D eigenvalue weighted by Gasteiger charge is 2.06. The maximum Gasteiger partial charge on any atom is 0.273 e. The Labute approximate surface area is 104 Å². The summed E-state index contributed by atoms with van der Waals surface area (Å²) < 4.78 is 5.27. The van der Waals surface area contributed by atoms with Gasteiger partial charge in [-0.2, -0.15) is 5.10 Å². The number of nitrogens with zero attached hydrogens (tertiary/aromatic N) is 1. The van der Waals surface area contributed by atoms with E-state index in [4.69, 9.17) is 10.2 Å². The van der Waals surface area contributed by atoms with Crippen LogP contribution in [0.2, 0.25) is 0 Å². The molecule has 1 heterocycles. The Bertz CT molecular complexity index is 587. The quantitative estimate of drug-likeness (QED) is 0.491. The Morgan fingerprint density at radius 1 is 1.33 bits per heavy atom. The van der Waals surface area contributed by atoms with Gasteiger partial charge in [-0.15, -0.1) is 0 Å². The zero-order valence-corrected chi connectivity index (χ0v) is 9.88. The van der Waals surface area contributed by atoms with Gasteiger partial charge in [-0.1, -0.05) is 12.1 Å². The molecule has 0 fully saturated rings. The molecule has 2 rings (SSSR count). The molecular formula is C13H13N3O2. The zero-order valence-electron chi connectivity index (χ0n) is 9.88. The van der Waals surface area contributed by atoms with Gasteiger partial charge in [0.05, 0.1) is 11.8 Å². The number of nitrogen functional groups attached to an aromatic ring is 1. The highest BCUT2D eigenvalue weighted by molar-refractivity contribution is 5.99. The van der Waals surface area contributed by atoms with Gasteiger partial charge >= 0.3 is 0 Å². The summed E-state index contributed by atoms with van der Waals surface area (Å²) in [4.78, 5) is 11.7. The van der Waals surface area contributed by atoms with E-state index in [1.807, 2.05) is 13.0 Å². The molecule has 0 aliphatic heterocycles. The number of carbonyl (C=O) groups is 1. The second-order valence-corrected chi connectivity index (χ2v) is 3.73. The van der Waals surface area contributed by atoms with Crippen LogP contribution in [0.25, 0.3) is 0 Å². The summed E-state index contributed by atoms with van der Waals surface area (Å²) >= 11 is 0. The normalized spacial score (nSPS) is 10.7. The molecule has 3 N–H and O–H groups in total. The molecule has 0 atom stereocenters. The van der Waals surface area contributed by atoms with E-state index < -0.39 is 0 Å². The number of rotatable bonds is 3. The van der Waals surface area contributed by atoms with Crippen LogP contribution in [-0.4, -0.2) is 12.1 Å². The first-order chi connectivity index (χ1) is 8.66. The smallest absolute Gasteiger partial charge is 0.273 e. The van der Waals surface area contributed by atoms with Crippen LogP contribution >= 0.6 is 0 Å². The lowest BCUT2D eigenvalue weighted by atomic mass is 10.2. The summed E-state index contributed by atoms with van der Waals surface area (Å²) in [5.41, 5.74) is 8.87. The number of anilines is 1. The zero-order chi connectivity index (χ0) is 13.0. The number of benzene rings is 1. The highest BCUT2D eigenvalue weighted by Crippen LogP contribution is 2.09. The number of hydrogen-bond acceptors (Lipinski definition) is 4. The number of hydrogen-bond donors (Lipinski definition) is 2. The first-order valence-corrected chi connectivity index (χ1v) is 5.41. The number of amides is 1. The van der Waals surface area contributed by atoms with Gasteiger partial charge in [-0.05, 0) is 31.2 Å². The molecule has 92 valence electrons. The van der Waals surface area contributed by atoms with Crippen LogP contribution in [0.3, 0.4) is 0 Å². The third-order valence-electron chi connectivity index (χ3n) is 2.32. The third kappa shape index (κ3) is 2.76. The van der Waals surface area contributed by atoms with E-state index in [1.54, 1.807) is 30.3 Å². The molecule has 1 amide bonds. The van der Waals surface area contributed by atoms with Gasteiger partial charge in [0.25, 0.3) is 5.91 Å². The Morgan fingerprint density at radius 3 is 2.78 bits per heavy atom. The molecule has 5 heteroatoms. The number of nitrogens with two attached hydrogens (primary N) is 1. The van der Waals surface area contributed by atoms with Crippen molar-refractivity contribution in [2.45, 2.75) is 6.92 Å². The number of carbonyl (C=O) groups excluding carboxylic acids is 1. The number of hydrazone groups is 1. The molecule has 0 saturated carbocycles. The molecule has 0 aliphatic carbocycles. The minimum absolute atomic E-state index is 0.354. The molecule has 5 nitrogen and oxygen atoms in total. The molecule has 2 aromatic rings. The number of para-hydroxylation sites is 1. The van der Waals surface area contributed by atoms with Crippen molar-refractivity contribution in [2.75, 3.05) is 5.73 Å². The lowest BCUT2D eigenvalue weighted by Crippen LogP contribution is -2.18. The van der Waals surface area contributed by atoms with Gasteiger partial charge in [0.1, 0.15) is 11.5 Å². The summed E-state index contributed by atoms with van der Waals surface area (Å²) in [5.74, 6) is 1.01. The summed E-state index contributed by atoms with van der Waals surface area (Å²) in [5, 5.41) is 3.80. The van der Waals surface area contributed by atoms with Crippen LogP contribution in [-0.2, 0) is 0 Å². The Balaban J connectivity index is 2.01. The Hall–Kier alpha value is -2.56. The topological polar surface area (TPSA) is 80.6 Å². The standard InChI is InChI=1S/C13H13N3O2/c1-9-6-7-10(18-9)8-15-16-13(17)11-4-2-3-5-12(11)14/h2-8H,14H2,1H3,(H,16,17)/b15-8-.